The number of benzene rings is 2. The predicted octanol–water partition coefficient (Wildman–Crippen LogP) is 3.22. The highest BCUT2D eigenvalue weighted by molar-refractivity contribution is 5.95. The van der Waals surface area contributed by atoms with E-state index in [0.717, 1.165) is 49.6 Å². The quantitative estimate of drug-likeness (QED) is 0.486. The molecule has 0 bridgehead atoms. The van der Waals surface area contributed by atoms with Crippen molar-refractivity contribution in [3.63, 3.8) is 0 Å². The fourth-order valence-corrected chi connectivity index (χ4v) is 3.88. The van der Waals surface area contributed by atoms with Gasteiger partial charge in [-0.2, -0.15) is 0 Å². The first-order valence-corrected chi connectivity index (χ1v) is 10.2. The van der Waals surface area contributed by atoms with Crippen LogP contribution in [0.5, 0.6) is 0 Å². The summed E-state index contributed by atoms with van der Waals surface area (Å²) in [6, 6.07) is 17.5. The molecular formula is C23H22FN5O2. The molecule has 2 aromatic carbocycles. The molecule has 158 valence electrons. The van der Waals surface area contributed by atoms with Gasteiger partial charge in [-0.15, -0.1) is 0 Å². The average Bonchev–Trinajstić information content (AvgIpc) is 3.22. The maximum absolute atomic E-state index is 13.9. The highest BCUT2D eigenvalue weighted by atomic mass is 19.1. The molecule has 31 heavy (non-hydrogen) atoms. The van der Waals surface area contributed by atoms with Gasteiger partial charge in [-0.1, -0.05) is 18.2 Å². The number of fused-ring (bicyclic) bond motifs is 3. The Hall–Kier alpha value is -3.49. The summed E-state index contributed by atoms with van der Waals surface area (Å²) in [6.45, 7) is 3.90. The van der Waals surface area contributed by atoms with Gasteiger partial charge in [0.05, 0.1) is 29.8 Å². The number of halogens is 1. The van der Waals surface area contributed by atoms with Crippen molar-refractivity contribution in [2.75, 3.05) is 31.7 Å². The molecule has 0 atom stereocenters. The molecule has 0 aliphatic carbocycles. The number of rotatable bonds is 5. The van der Waals surface area contributed by atoms with Crippen LogP contribution < -0.4 is 10.9 Å². The number of morpholine rings is 1. The lowest BCUT2D eigenvalue weighted by Crippen LogP contribution is -2.36. The van der Waals surface area contributed by atoms with Crippen molar-refractivity contribution in [3.05, 3.63) is 77.7 Å². The molecule has 0 saturated carbocycles. The van der Waals surface area contributed by atoms with E-state index in [1.54, 1.807) is 30.3 Å². The predicted molar refractivity (Wildman–Crippen MR) is 116 cm³/mol. The molecule has 0 spiro atoms. The summed E-state index contributed by atoms with van der Waals surface area (Å²) in [5.74, 6) is -0.184. The normalized spacial score (nSPS) is 14.7. The molecule has 4 aromatic rings. The lowest BCUT2D eigenvalue weighted by atomic mass is 10.2. The van der Waals surface area contributed by atoms with Crippen LogP contribution in [0, 0.1) is 5.82 Å². The average molecular weight is 419 g/mol. The van der Waals surface area contributed by atoms with Crippen LogP contribution >= 0.6 is 0 Å². The maximum atomic E-state index is 13.9. The molecule has 1 saturated heterocycles. The summed E-state index contributed by atoms with van der Waals surface area (Å²) in [7, 11) is 0. The molecule has 1 aliphatic heterocycles. The van der Waals surface area contributed by atoms with E-state index in [1.807, 2.05) is 18.2 Å². The third-order valence-electron chi connectivity index (χ3n) is 5.43. The Kier molecular flexibility index (Phi) is 5.23. The monoisotopic (exact) mass is 419 g/mol. The number of anilines is 1. The van der Waals surface area contributed by atoms with Crippen LogP contribution in [-0.2, 0) is 11.3 Å². The minimum atomic E-state index is -0.361. The Morgan fingerprint density at radius 2 is 1.81 bits per heavy atom. The Morgan fingerprint density at radius 1 is 1.03 bits per heavy atom. The minimum Gasteiger partial charge on any atom is -0.379 e. The van der Waals surface area contributed by atoms with Crippen molar-refractivity contribution in [1.29, 1.82) is 0 Å². The van der Waals surface area contributed by atoms with Gasteiger partial charge in [0, 0.05) is 37.0 Å². The van der Waals surface area contributed by atoms with Crippen LogP contribution in [0.2, 0.25) is 0 Å². The SMILES string of the molecule is O=C(NNc1nc2cc(F)ccc2n2c(CN3CCOCC3)ccc12)c1ccccc1. The third-order valence-corrected chi connectivity index (χ3v) is 5.43. The van der Waals surface area contributed by atoms with Crippen LogP contribution in [0.15, 0.2) is 60.7 Å². The van der Waals surface area contributed by atoms with Crippen molar-refractivity contribution < 1.29 is 13.9 Å². The number of hydrogen-bond acceptors (Lipinski definition) is 5. The second-order valence-corrected chi connectivity index (χ2v) is 7.47. The zero-order chi connectivity index (χ0) is 21.2. The van der Waals surface area contributed by atoms with E-state index in [0.29, 0.717) is 16.9 Å². The van der Waals surface area contributed by atoms with E-state index in [-0.39, 0.29) is 11.7 Å². The van der Waals surface area contributed by atoms with Gasteiger partial charge in [0.2, 0.25) is 0 Å². The van der Waals surface area contributed by atoms with Gasteiger partial charge in [-0.05, 0) is 36.4 Å². The molecule has 2 N–H and O–H groups in total. The summed E-state index contributed by atoms with van der Waals surface area (Å²) in [6.07, 6.45) is 0. The van der Waals surface area contributed by atoms with Crippen LogP contribution in [0.1, 0.15) is 16.1 Å². The summed E-state index contributed by atoms with van der Waals surface area (Å²) in [4.78, 5) is 19.3. The van der Waals surface area contributed by atoms with Crippen LogP contribution in [0.4, 0.5) is 10.2 Å². The van der Waals surface area contributed by atoms with E-state index < -0.39 is 0 Å². The maximum Gasteiger partial charge on any atom is 0.269 e. The number of aromatic nitrogens is 2. The van der Waals surface area contributed by atoms with Crippen molar-refractivity contribution in [2.24, 2.45) is 0 Å². The van der Waals surface area contributed by atoms with Gasteiger partial charge in [-0.3, -0.25) is 20.5 Å². The number of ether oxygens (including phenoxy) is 1. The largest absolute Gasteiger partial charge is 0.379 e. The van der Waals surface area contributed by atoms with E-state index in [4.69, 9.17) is 4.74 Å². The van der Waals surface area contributed by atoms with E-state index >= 15 is 0 Å². The molecule has 1 amide bonds. The highest BCUT2D eigenvalue weighted by Crippen LogP contribution is 2.26. The molecule has 3 heterocycles. The van der Waals surface area contributed by atoms with Gasteiger partial charge in [-0.25, -0.2) is 9.37 Å². The highest BCUT2D eigenvalue weighted by Gasteiger charge is 2.17. The summed E-state index contributed by atoms with van der Waals surface area (Å²) >= 11 is 0. The number of carbonyl (C=O) groups excluding carboxylic acids is 1. The van der Waals surface area contributed by atoms with Crippen molar-refractivity contribution >= 4 is 28.3 Å². The zero-order valence-corrected chi connectivity index (χ0v) is 16.8. The fourth-order valence-electron chi connectivity index (χ4n) is 3.88. The second-order valence-electron chi connectivity index (χ2n) is 7.47. The fraction of sp³-hybridized carbons (Fsp3) is 0.217. The Labute approximate surface area is 178 Å². The minimum absolute atomic E-state index is 0.278. The number of nitrogens with one attached hydrogen (secondary N) is 2. The molecule has 0 radical (unpaired) electrons. The molecule has 7 nitrogen and oxygen atoms in total. The van der Waals surface area contributed by atoms with Crippen LogP contribution in [0.25, 0.3) is 16.6 Å². The Bertz CT molecular complexity index is 1240. The molecule has 8 heteroatoms. The molecule has 1 aliphatic rings. The van der Waals surface area contributed by atoms with Crippen molar-refractivity contribution in [1.82, 2.24) is 19.7 Å². The second kappa shape index (κ2) is 8.33. The molecule has 1 fully saturated rings. The van der Waals surface area contributed by atoms with E-state index in [9.17, 15) is 9.18 Å². The lowest BCUT2D eigenvalue weighted by molar-refractivity contribution is 0.0336. The number of hydrogen-bond donors (Lipinski definition) is 2. The van der Waals surface area contributed by atoms with E-state index in [2.05, 4.69) is 25.1 Å². The molecule has 0 unspecified atom stereocenters. The Morgan fingerprint density at radius 3 is 2.61 bits per heavy atom. The summed E-state index contributed by atoms with van der Waals surface area (Å²) in [5, 5.41) is 0. The van der Waals surface area contributed by atoms with Crippen LogP contribution in [0.3, 0.4) is 0 Å². The van der Waals surface area contributed by atoms with Gasteiger partial charge < -0.3 is 9.14 Å². The lowest BCUT2D eigenvalue weighted by Gasteiger charge is -2.26. The van der Waals surface area contributed by atoms with E-state index in [1.165, 1.54) is 12.1 Å². The molecular weight excluding hydrogens is 397 g/mol. The van der Waals surface area contributed by atoms with Crippen LogP contribution in [-0.4, -0.2) is 46.5 Å². The number of amides is 1. The van der Waals surface area contributed by atoms with Crippen molar-refractivity contribution in [2.45, 2.75) is 6.54 Å². The van der Waals surface area contributed by atoms with Gasteiger partial charge in [0.25, 0.3) is 5.91 Å². The zero-order valence-electron chi connectivity index (χ0n) is 16.8. The summed E-state index contributed by atoms with van der Waals surface area (Å²) in [5.41, 5.74) is 9.33. The third kappa shape index (κ3) is 3.95. The molecule has 2 aromatic heterocycles. The standard InChI is InChI=1S/C23H22FN5O2/c24-17-6-8-20-19(14-17)25-22(26-27-23(30)16-4-2-1-3-5-16)21-9-7-18(29(20)21)15-28-10-12-31-13-11-28/h1-9,14H,10-13,15H2,(H,25,26)(H,27,30). The van der Waals surface area contributed by atoms with Gasteiger partial charge in [0.1, 0.15) is 5.82 Å². The topological polar surface area (TPSA) is 70.9 Å². The van der Waals surface area contributed by atoms with Gasteiger partial charge >= 0.3 is 0 Å². The first-order chi connectivity index (χ1) is 15.2. The first-order valence-electron chi connectivity index (χ1n) is 10.2. The summed E-state index contributed by atoms with van der Waals surface area (Å²) < 4.78 is 21.5. The number of nitrogens with zero attached hydrogens (tertiary/aromatic N) is 3. The Balaban J connectivity index is 1.52. The van der Waals surface area contributed by atoms with Gasteiger partial charge in [0.15, 0.2) is 5.82 Å². The van der Waals surface area contributed by atoms with Crippen molar-refractivity contribution in [3.8, 4) is 0 Å². The first kappa shape index (κ1) is 19.5. The smallest absolute Gasteiger partial charge is 0.269 e. The molecule has 5 rings (SSSR count). The number of carbonyl (C=O) groups is 1. The number of hydrazine groups is 1.